The predicted octanol–water partition coefficient (Wildman–Crippen LogP) is 4.78. The number of nitrogens with zero attached hydrogens (tertiary/aromatic N) is 1. The summed E-state index contributed by atoms with van der Waals surface area (Å²) in [5.41, 5.74) is 3.81. The lowest BCUT2D eigenvalue weighted by Gasteiger charge is -2.25. The smallest absolute Gasteiger partial charge is 0.259 e. The third-order valence-corrected chi connectivity index (χ3v) is 6.17. The SMILES string of the molecule is COc1ccccc1CNC(=O)C1c2ccccc2C(=O)N1c1ccc(Br)c(C)c1. The van der Waals surface area contributed by atoms with Crippen molar-refractivity contribution in [1.82, 2.24) is 5.32 Å². The summed E-state index contributed by atoms with van der Waals surface area (Å²) in [6, 6.07) is 19.7. The lowest BCUT2D eigenvalue weighted by molar-refractivity contribution is -0.122. The summed E-state index contributed by atoms with van der Waals surface area (Å²) >= 11 is 3.50. The molecular weight excluding hydrogens is 444 g/mol. The van der Waals surface area contributed by atoms with Crippen LogP contribution in [0.5, 0.6) is 5.75 Å². The molecule has 3 aromatic carbocycles. The fraction of sp³-hybridized carbons (Fsp3) is 0.167. The summed E-state index contributed by atoms with van der Waals surface area (Å²) in [6.07, 6.45) is 0. The van der Waals surface area contributed by atoms with Gasteiger partial charge in [-0.1, -0.05) is 52.3 Å². The molecule has 6 heteroatoms. The highest BCUT2D eigenvalue weighted by atomic mass is 79.9. The van der Waals surface area contributed by atoms with Crippen molar-refractivity contribution in [1.29, 1.82) is 0 Å². The Balaban J connectivity index is 1.67. The molecule has 4 rings (SSSR count). The first-order chi connectivity index (χ1) is 14.5. The van der Waals surface area contributed by atoms with Gasteiger partial charge < -0.3 is 10.1 Å². The zero-order valence-electron chi connectivity index (χ0n) is 16.7. The first kappa shape index (κ1) is 20.2. The van der Waals surface area contributed by atoms with Crippen molar-refractivity contribution in [2.24, 2.45) is 0 Å². The molecule has 152 valence electrons. The quantitative estimate of drug-likeness (QED) is 0.590. The van der Waals surface area contributed by atoms with Crippen LogP contribution in [0.3, 0.4) is 0 Å². The number of aryl methyl sites for hydroxylation is 1. The van der Waals surface area contributed by atoms with Crippen molar-refractivity contribution in [3.8, 4) is 5.75 Å². The summed E-state index contributed by atoms with van der Waals surface area (Å²) in [4.78, 5) is 28.1. The average molecular weight is 465 g/mol. The van der Waals surface area contributed by atoms with Crippen LogP contribution in [0.2, 0.25) is 0 Å². The van der Waals surface area contributed by atoms with Gasteiger partial charge in [-0.3, -0.25) is 14.5 Å². The van der Waals surface area contributed by atoms with Crippen molar-refractivity contribution < 1.29 is 14.3 Å². The maximum Gasteiger partial charge on any atom is 0.259 e. The van der Waals surface area contributed by atoms with E-state index < -0.39 is 6.04 Å². The largest absolute Gasteiger partial charge is 0.496 e. The highest BCUT2D eigenvalue weighted by Gasteiger charge is 2.41. The number of carbonyl (C=O) groups is 2. The molecule has 30 heavy (non-hydrogen) atoms. The van der Waals surface area contributed by atoms with Gasteiger partial charge in [-0.2, -0.15) is 0 Å². The number of carbonyl (C=O) groups excluding carboxylic acids is 2. The van der Waals surface area contributed by atoms with E-state index in [0.29, 0.717) is 29.1 Å². The highest BCUT2D eigenvalue weighted by molar-refractivity contribution is 9.10. The van der Waals surface area contributed by atoms with Crippen molar-refractivity contribution in [2.75, 3.05) is 12.0 Å². The molecule has 1 aliphatic heterocycles. The maximum absolute atomic E-state index is 13.3. The fourth-order valence-corrected chi connectivity index (χ4v) is 3.99. The number of hydrogen-bond donors (Lipinski definition) is 1. The molecule has 0 saturated heterocycles. The Morgan fingerprint density at radius 1 is 1.10 bits per heavy atom. The van der Waals surface area contributed by atoms with Gasteiger partial charge in [0.25, 0.3) is 5.91 Å². The first-order valence-electron chi connectivity index (χ1n) is 9.59. The summed E-state index contributed by atoms with van der Waals surface area (Å²) in [5, 5.41) is 2.98. The van der Waals surface area contributed by atoms with Crippen LogP contribution in [0, 0.1) is 6.92 Å². The van der Waals surface area contributed by atoms with Crippen molar-refractivity contribution in [3.05, 3.63) is 93.5 Å². The van der Waals surface area contributed by atoms with E-state index >= 15 is 0 Å². The number of fused-ring (bicyclic) bond motifs is 1. The molecule has 0 spiro atoms. The van der Waals surface area contributed by atoms with Gasteiger partial charge >= 0.3 is 0 Å². The third kappa shape index (κ3) is 3.59. The second-order valence-corrected chi connectivity index (χ2v) is 7.98. The summed E-state index contributed by atoms with van der Waals surface area (Å²) in [7, 11) is 1.60. The second-order valence-electron chi connectivity index (χ2n) is 7.13. The Kier molecular flexibility index (Phi) is 5.59. The van der Waals surface area contributed by atoms with Gasteiger partial charge in [0.1, 0.15) is 11.8 Å². The van der Waals surface area contributed by atoms with E-state index in [1.165, 1.54) is 0 Å². The van der Waals surface area contributed by atoms with E-state index in [2.05, 4.69) is 21.2 Å². The lowest BCUT2D eigenvalue weighted by Crippen LogP contribution is -2.39. The van der Waals surface area contributed by atoms with Gasteiger partial charge in [-0.25, -0.2) is 0 Å². The molecule has 0 saturated carbocycles. The lowest BCUT2D eigenvalue weighted by atomic mass is 10.0. The summed E-state index contributed by atoms with van der Waals surface area (Å²) in [6.45, 7) is 2.26. The Bertz CT molecular complexity index is 1130. The number of ether oxygens (including phenoxy) is 1. The Labute approximate surface area is 183 Å². The van der Waals surface area contributed by atoms with Gasteiger partial charge in [0.05, 0.1) is 7.11 Å². The van der Waals surface area contributed by atoms with Crippen molar-refractivity contribution >= 4 is 33.4 Å². The molecule has 1 N–H and O–H groups in total. The van der Waals surface area contributed by atoms with Crippen LogP contribution in [0.25, 0.3) is 0 Å². The molecule has 0 aromatic heterocycles. The number of hydrogen-bond acceptors (Lipinski definition) is 3. The maximum atomic E-state index is 13.3. The molecule has 1 aliphatic rings. The molecule has 0 radical (unpaired) electrons. The van der Waals surface area contributed by atoms with E-state index in [4.69, 9.17) is 4.74 Å². The number of halogens is 1. The van der Waals surface area contributed by atoms with Gasteiger partial charge in [0.2, 0.25) is 5.91 Å². The molecule has 0 aliphatic carbocycles. The molecule has 1 heterocycles. The van der Waals surface area contributed by atoms with Crippen LogP contribution in [0.4, 0.5) is 5.69 Å². The van der Waals surface area contributed by atoms with Crippen LogP contribution >= 0.6 is 15.9 Å². The topological polar surface area (TPSA) is 58.6 Å². The molecule has 0 fully saturated rings. The van der Waals surface area contributed by atoms with E-state index in [1.54, 1.807) is 18.1 Å². The molecule has 1 unspecified atom stereocenters. The third-order valence-electron chi connectivity index (χ3n) is 5.28. The fourth-order valence-electron chi connectivity index (χ4n) is 3.75. The van der Waals surface area contributed by atoms with Gasteiger partial charge in [-0.15, -0.1) is 0 Å². The minimum absolute atomic E-state index is 0.176. The predicted molar refractivity (Wildman–Crippen MR) is 120 cm³/mol. The van der Waals surface area contributed by atoms with Crippen molar-refractivity contribution in [3.63, 3.8) is 0 Å². The minimum atomic E-state index is -0.732. The number of benzene rings is 3. The van der Waals surface area contributed by atoms with Crippen molar-refractivity contribution in [2.45, 2.75) is 19.5 Å². The molecule has 1 atom stereocenters. The van der Waals surface area contributed by atoms with Crippen LogP contribution < -0.4 is 15.0 Å². The Morgan fingerprint density at radius 2 is 1.83 bits per heavy atom. The van der Waals surface area contributed by atoms with Gasteiger partial charge in [0.15, 0.2) is 0 Å². The zero-order chi connectivity index (χ0) is 21.3. The first-order valence-corrected chi connectivity index (χ1v) is 10.4. The van der Waals surface area contributed by atoms with Crippen LogP contribution in [0.1, 0.15) is 33.1 Å². The second kappa shape index (κ2) is 8.32. The summed E-state index contributed by atoms with van der Waals surface area (Å²) < 4.78 is 6.32. The number of nitrogens with one attached hydrogen (secondary N) is 1. The molecule has 0 bridgehead atoms. The molecule has 2 amide bonds. The number of amides is 2. The number of methoxy groups -OCH3 is 1. The standard InChI is InChI=1S/C24H21BrN2O3/c1-15-13-17(11-12-20(15)25)27-22(18-8-4-5-9-19(18)24(27)29)23(28)26-14-16-7-3-6-10-21(16)30-2/h3-13,22H,14H2,1-2H3,(H,26,28). The Morgan fingerprint density at radius 3 is 2.60 bits per heavy atom. The monoisotopic (exact) mass is 464 g/mol. The Hall–Kier alpha value is -3.12. The minimum Gasteiger partial charge on any atom is -0.496 e. The zero-order valence-corrected chi connectivity index (χ0v) is 18.3. The van der Waals surface area contributed by atoms with E-state index in [0.717, 1.165) is 15.6 Å². The van der Waals surface area contributed by atoms with E-state index in [1.807, 2.05) is 67.6 Å². The van der Waals surface area contributed by atoms with Gasteiger partial charge in [0, 0.05) is 27.8 Å². The van der Waals surface area contributed by atoms with E-state index in [-0.39, 0.29) is 11.8 Å². The highest BCUT2D eigenvalue weighted by Crippen LogP contribution is 2.38. The van der Waals surface area contributed by atoms with Crippen LogP contribution in [-0.2, 0) is 11.3 Å². The molecular formula is C24H21BrN2O3. The molecule has 5 nitrogen and oxygen atoms in total. The molecule has 3 aromatic rings. The van der Waals surface area contributed by atoms with Crippen LogP contribution in [-0.4, -0.2) is 18.9 Å². The number of anilines is 1. The van der Waals surface area contributed by atoms with Gasteiger partial charge in [-0.05, 0) is 48.4 Å². The van der Waals surface area contributed by atoms with E-state index in [9.17, 15) is 9.59 Å². The normalized spacial score (nSPS) is 15.1. The number of para-hydroxylation sites is 1. The number of rotatable bonds is 5. The summed E-state index contributed by atoms with van der Waals surface area (Å²) in [5.74, 6) is 0.297. The average Bonchev–Trinajstić information content (AvgIpc) is 3.07. The van der Waals surface area contributed by atoms with Crippen LogP contribution in [0.15, 0.2) is 71.2 Å².